The molecule has 0 aliphatic heterocycles. The van der Waals surface area contributed by atoms with E-state index in [2.05, 4.69) is 26.6 Å². The van der Waals surface area contributed by atoms with Crippen LogP contribution in [0, 0.1) is 0 Å². The van der Waals surface area contributed by atoms with Gasteiger partial charge in [0.2, 0.25) is 5.95 Å². The van der Waals surface area contributed by atoms with Gasteiger partial charge in [-0.1, -0.05) is 47.2 Å². The zero-order valence-electron chi connectivity index (χ0n) is 15.5. The van der Waals surface area contributed by atoms with Crippen molar-refractivity contribution in [2.45, 2.75) is 0 Å². The number of nitrogens with one attached hydrogen (secondary N) is 1. The molecule has 0 atom stereocenters. The molecule has 0 aliphatic carbocycles. The van der Waals surface area contributed by atoms with Gasteiger partial charge in [0.05, 0.1) is 11.0 Å². The summed E-state index contributed by atoms with van der Waals surface area (Å²) in [5, 5.41) is 14.5. The number of nitrogens with zero attached hydrogens (tertiary/aromatic N) is 4. The first-order valence-electron chi connectivity index (χ1n) is 9.06. The number of fused-ring (bicyclic) bond motifs is 1. The van der Waals surface area contributed by atoms with E-state index in [0.717, 1.165) is 43.8 Å². The Labute approximate surface area is 176 Å². The van der Waals surface area contributed by atoms with Gasteiger partial charge in [0.15, 0.2) is 0 Å². The monoisotopic (exact) mass is 417 g/mol. The fourth-order valence-electron chi connectivity index (χ4n) is 3.13. The lowest BCUT2D eigenvalue weighted by Crippen LogP contribution is -1.98. The first-order valence-corrected chi connectivity index (χ1v) is 10.3. The number of aryl methyl sites for hydroxylation is 1. The van der Waals surface area contributed by atoms with Gasteiger partial charge in [-0.2, -0.15) is 0 Å². The second kappa shape index (κ2) is 7.31. The first-order chi connectivity index (χ1) is 14.2. The van der Waals surface area contributed by atoms with E-state index in [4.69, 9.17) is 11.6 Å². The van der Waals surface area contributed by atoms with Crippen LogP contribution in [0.1, 0.15) is 0 Å². The second-order valence-corrected chi connectivity index (χ2v) is 8.02. The van der Waals surface area contributed by atoms with Crippen molar-refractivity contribution in [1.29, 1.82) is 0 Å². The third kappa shape index (κ3) is 3.48. The molecule has 5 nitrogen and oxygen atoms in total. The van der Waals surface area contributed by atoms with Gasteiger partial charge in [0.25, 0.3) is 0 Å². The van der Waals surface area contributed by atoms with Crippen molar-refractivity contribution in [3.63, 3.8) is 0 Å². The largest absolute Gasteiger partial charge is 0.326 e. The summed E-state index contributed by atoms with van der Waals surface area (Å²) in [5.74, 6) is 0.805. The van der Waals surface area contributed by atoms with Crippen LogP contribution in [0.2, 0.25) is 5.02 Å². The number of aromatic nitrogens is 4. The van der Waals surface area contributed by atoms with Crippen LogP contribution in [0.5, 0.6) is 0 Å². The molecule has 7 heteroatoms. The number of halogens is 1. The number of hydrogen-bond donors (Lipinski definition) is 1. The molecule has 0 spiro atoms. The molecule has 0 bridgehead atoms. The predicted octanol–water partition coefficient (Wildman–Crippen LogP) is 6.16. The molecule has 5 aromatic rings. The molecule has 0 unspecified atom stereocenters. The molecule has 0 amide bonds. The highest BCUT2D eigenvalue weighted by atomic mass is 35.5. The molecule has 5 rings (SSSR count). The van der Waals surface area contributed by atoms with Gasteiger partial charge in [-0.25, -0.2) is 4.98 Å². The van der Waals surface area contributed by atoms with Gasteiger partial charge in [-0.15, -0.1) is 10.2 Å². The maximum Gasteiger partial charge on any atom is 0.208 e. The molecular formula is C22H16ClN5S. The SMILES string of the molecule is Cn1c(Nc2ccc(-c3nnc(-c4ccc(Cl)cc4)s3)cc2)nc2ccccc21. The van der Waals surface area contributed by atoms with Crippen LogP contribution in [0.15, 0.2) is 72.8 Å². The Bertz CT molecular complexity index is 1290. The summed E-state index contributed by atoms with van der Waals surface area (Å²) in [4.78, 5) is 4.65. The molecule has 0 saturated carbocycles. The van der Waals surface area contributed by atoms with E-state index in [1.165, 1.54) is 0 Å². The molecule has 0 fully saturated rings. The quantitative estimate of drug-likeness (QED) is 0.380. The van der Waals surface area contributed by atoms with E-state index in [0.29, 0.717) is 5.02 Å². The summed E-state index contributed by atoms with van der Waals surface area (Å²) in [6, 6.07) is 23.8. The van der Waals surface area contributed by atoms with Gasteiger partial charge in [-0.3, -0.25) is 0 Å². The number of hydrogen-bond acceptors (Lipinski definition) is 5. The number of para-hydroxylation sites is 2. The highest BCUT2D eigenvalue weighted by Gasteiger charge is 2.10. The minimum Gasteiger partial charge on any atom is -0.326 e. The van der Waals surface area contributed by atoms with E-state index in [9.17, 15) is 0 Å². The van der Waals surface area contributed by atoms with Crippen LogP contribution in [0.3, 0.4) is 0 Å². The minimum absolute atomic E-state index is 0.710. The van der Waals surface area contributed by atoms with Gasteiger partial charge >= 0.3 is 0 Å². The van der Waals surface area contributed by atoms with Crippen molar-refractivity contribution in [3.8, 4) is 21.1 Å². The molecule has 29 heavy (non-hydrogen) atoms. The Balaban J connectivity index is 1.37. The summed E-state index contributed by atoms with van der Waals surface area (Å²) in [6.07, 6.45) is 0. The molecule has 1 N–H and O–H groups in total. The Kier molecular flexibility index (Phi) is 4.50. The zero-order valence-corrected chi connectivity index (χ0v) is 17.1. The van der Waals surface area contributed by atoms with Crippen molar-refractivity contribution >= 4 is 45.6 Å². The second-order valence-electron chi connectivity index (χ2n) is 6.60. The average molecular weight is 418 g/mol. The minimum atomic E-state index is 0.710. The number of imidazole rings is 1. The number of anilines is 2. The standard InChI is InChI=1S/C22H16ClN5S/c1-28-19-5-3-2-4-18(19)25-22(28)24-17-12-8-15(9-13-17)21-27-26-20(29-21)14-6-10-16(23)11-7-14/h2-13H,1H3,(H,24,25). The van der Waals surface area contributed by atoms with Gasteiger partial charge in [0.1, 0.15) is 10.0 Å². The van der Waals surface area contributed by atoms with Crippen molar-refractivity contribution in [3.05, 3.63) is 77.8 Å². The smallest absolute Gasteiger partial charge is 0.208 e. The maximum absolute atomic E-state index is 5.96. The Morgan fingerprint density at radius 1 is 0.828 bits per heavy atom. The van der Waals surface area contributed by atoms with Crippen LogP contribution in [0.25, 0.3) is 32.2 Å². The highest BCUT2D eigenvalue weighted by Crippen LogP contribution is 2.31. The van der Waals surface area contributed by atoms with E-state index >= 15 is 0 Å². The van der Waals surface area contributed by atoms with Crippen molar-refractivity contribution < 1.29 is 0 Å². The summed E-state index contributed by atoms with van der Waals surface area (Å²) < 4.78 is 2.05. The van der Waals surface area contributed by atoms with Crippen LogP contribution in [-0.4, -0.2) is 19.7 Å². The van der Waals surface area contributed by atoms with E-state index in [-0.39, 0.29) is 0 Å². The maximum atomic E-state index is 5.96. The molecule has 0 saturated heterocycles. The topological polar surface area (TPSA) is 55.6 Å². The fourth-order valence-corrected chi connectivity index (χ4v) is 4.11. The predicted molar refractivity (Wildman–Crippen MR) is 120 cm³/mol. The van der Waals surface area contributed by atoms with Crippen LogP contribution < -0.4 is 5.32 Å². The summed E-state index contributed by atoms with van der Waals surface area (Å²) >= 11 is 7.52. The Morgan fingerprint density at radius 3 is 2.10 bits per heavy atom. The molecule has 0 aliphatic rings. The van der Waals surface area contributed by atoms with E-state index < -0.39 is 0 Å². The van der Waals surface area contributed by atoms with E-state index in [1.54, 1.807) is 11.3 Å². The average Bonchev–Trinajstić information content (AvgIpc) is 3.35. The normalized spacial score (nSPS) is 11.1. The van der Waals surface area contributed by atoms with Crippen molar-refractivity contribution in [2.24, 2.45) is 7.05 Å². The molecule has 0 radical (unpaired) electrons. The first kappa shape index (κ1) is 17.8. The fraction of sp³-hybridized carbons (Fsp3) is 0.0455. The Hall–Kier alpha value is -3.22. The third-order valence-corrected chi connectivity index (χ3v) is 5.96. The number of benzene rings is 3. The molecular weight excluding hydrogens is 402 g/mol. The van der Waals surface area contributed by atoms with Gasteiger partial charge in [0, 0.05) is 28.9 Å². The van der Waals surface area contributed by atoms with Crippen LogP contribution in [-0.2, 0) is 7.05 Å². The molecule has 2 aromatic heterocycles. The molecule has 2 heterocycles. The lowest BCUT2D eigenvalue weighted by molar-refractivity contribution is 0.958. The Morgan fingerprint density at radius 2 is 1.45 bits per heavy atom. The van der Waals surface area contributed by atoms with Gasteiger partial charge < -0.3 is 9.88 Å². The highest BCUT2D eigenvalue weighted by molar-refractivity contribution is 7.17. The van der Waals surface area contributed by atoms with Crippen LogP contribution >= 0.6 is 22.9 Å². The summed E-state index contributed by atoms with van der Waals surface area (Å²) in [6.45, 7) is 0. The summed E-state index contributed by atoms with van der Waals surface area (Å²) in [7, 11) is 2.01. The molecule has 142 valence electrons. The third-order valence-electron chi connectivity index (χ3n) is 4.69. The summed E-state index contributed by atoms with van der Waals surface area (Å²) in [5.41, 5.74) is 5.07. The lowest BCUT2D eigenvalue weighted by atomic mass is 10.2. The molecule has 3 aromatic carbocycles. The van der Waals surface area contributed by atoms with Crippen molar-refractivity contribution in [1.82, 2.24) is 19.7 Å². The van der Waals surface area contributed by atoms with E-state index in [1.807, 2.05) is 78.3 Å². The lowest BCUT2D eigenvalue weighted by Gasteiger charge is -2.06. The van der Waals surface area contributed by atoms with Crippen molar-refractivity contribution in [2.75, 3.05) is 5.32 Å². The zero-order chi connectivity index (χ0) is 19.8. The number of rotatable bonds is 4. The van der Waals surface area contributed by atoms with Crippen LogP contribution in [0.4, 0.5) is 11.6 Å². The van der Waals surface area contributed by atoms with Gasteiger partial charge in [-0.05, 0) is 48.5 Å².